The van der Waals surface area contributed by atoms with Gasteiger partial charge in [-0.2, -0.15) is 0 Å². The van der Waals surface area contributed by atoms with Gasteiger partial charge in [0.2, 0.25) is 0 Å². The van der Waals surface area contributed by atoms with Crippen LogP contribution >= 0.6 is 11.6 Å². The standard InChI is InChI=1S/C17H26ClFN2/c1-17(2,3)20-11-15-6-4-5-9-21(15)12-13-10-14(19)7-8-16(13)18/h7-8,10,15,20H,4-6,9,11-12H2,1-3H3. The average molecular weight is 313 g/mol. The van der Waals surface area contributed by atoms with Crippen molar-refractivity contribution in [1.82, 2.24) is 10.2 Å². The second-order valence-corrected chi connectivity index (χ2v) is 7.39. The molecule has 0 amide bonds. The maximum Gasteiger partial charge on any atom is 0.123 e. The molecule has 0 radical (unpaired) electrons. The van der Waals surface area contributed by atoms with Crippen LogP contribution in [0.4, 0.5) is 4.39 Å². The zero-order valence-corrected chi connectivity index (χ0v) is 14.0. The molecule has 0 aliphatic carbocycles. The van der Waals surface area contributed by atoms with Crippen molar-refractivity contribution in [1.29, 1.82) is 0 Å². The molecule has 0 spiro atoms. The number of piperidine rings is 1. The molecule has 1 N–H and O–H groups in total. The van der Waals surface area contributed by atoms with Gasteiger partial charge in [-0.3, -0.25) is 4.90 Å². The molecule has 1 aromatic rings. The molecule has 0 bridgehead atoms. The van der Waals surface area contributed by atoms with Crippen LogP contribution in [0.15, 0.2) is 18.2 Å². The smallest absolute Gasteiger partial charge is 0.123 e. The van der Waals surface area contributed by atoms with Gasteiger partial charge in [-0.05, 0) is 63.9 Å². The second kappa shape index (κ2) is 7.08. The summed E-state index contributed by atoms with van der Waals surface area (Å²) in [4.78, 5) is 2.43. The molecule has 21 heavy (non-hydrogen) atoms. The fourth-order valence-electron chi connectivity index (χ4n) is 2.81. The Kier molecular flexibility index (Phi) is 5.64. The Bertz CT molecular complexity index is 470. The van der Waals surface area contributed by atoms with Crippen molar-refractivity contribution >= 4 is 11.6 Å². The third kappa shape index (κ3) is 5.24. The zero-order chi connectivity index (χ0) is 15.5. The fraction of sp³-hybridized carbons (Fsp3) is 0.647. The minimum Gasteiger partial charge on any atom is -0.311 e. The molecule has 1 atom stereocenters. The van der Waals surface area contributed by atoms with Crippen molar-refractivity contribution in [3.8, 4) is 0 Å². The molecular formula is C17H26ClFN2. The highest BCUT2D eigenvalue weighted by molar-refractivity contribution is 6.31. The molecule has 4 heteroatoms. The summed E-state index contributed by atoms with van der Waals surface area (Å²) < 4.78 is 13.4. The number of nitrogens with one attached hydrogen (secondary N) is 1. The monoisotopic (exact) mass is 312 g/mol. The van der Waals surface area contributed by atoms with Crippen molar-refractivity contribution in [3.05, 3.63) is 34.6 Å². The number of rotatable bonds is 4. The summed E-state index contributed by atoms with van der Waals surface area (Å²) in [5, 5.41) is 4.24. The first kappa shape index (κ1) is 16.7. The minimum absolute atomic E-state index is 0.125. The van der Waals surface area contributed by atoms with Crippen LogP contribution in [-0.2, 0) is 6.54 Å². The highest BCUT2D eigenvalue weighted by Gasteiger charge is 2.24. The maximum absolute atomic E-state index is 13.4. The third-order valence-electron chi connectivity index (χ3n) is 4.00. The number of likely N-dealkylation sites (tertiary alicyclic amines) is 1. The Balaban J connectivity index is 2.03. The van der Waals surface area contributed by atoms with Gasteiger partial charge >= 0.3 is 0 Å². The maximum atomic E-state index is 13.4. The van der Waals surface area contributed by atoms with E-state index in [-0.39, 0.29) is 11.4 Å². The molecule has 1 unspecified atom stereocenters. The predicted molar refractivity (Wildman–Crippen MR) is 87.2 cm³/mol. The Hall–Kier alpha value is -0.640. The van der Waals surface area contributed by atoms with Gasteiger partial charge < -0.3 is 5.32 Å². The lowest BCUT2D eigenvalue weighted by atomic mass is 9.99. The van der Waals surface area contributed by atoms with Crippen LogP contribution in [-0.4, -0.2) is 29.6 Å². The van der Waals surface area contributed by atoms with Crippen LogP contribution in [0, 0.1) is 5.82 Å². The summed E-state index contributed by atoms with van der Waals surface area (Å²) in [6, 6.07) is 5.13. The molecule has 1 aliphatic heterocycles. The molecule has 118 valence electrons. The van der Waals surface area contributed by atoms with Gasteiger partial charge in [0.25, 0.3) is 0 Å². The summed E-state index contributed by atoms with van der Waals surface area (Å²) in [5.41, 5.74) is 1.01. The lowest BCUT2D eigenvalue weighted by molar-refractivity contribution is 0.131. The van der Waals surface area contributed by atoms with Crippen LogP contribution in [0.3, 0.4) is 0 Å². The van der Waals surface area contributed by atoms with Gasteiger partial charge in [0.1, 0.15) is 5.82 Å². The van der Waals surface area contributed by atoms with E-state index in [9.17, 15) is 4.39 Å². The molecule has 1 saturated heterocycles. The summed E-state index contributed by atoms with van der Waals surface area (Å²) in [7, 11) is 0. The number of nitrogens with zero attached hydrogens (tertiary/aromatic N) is 1. The SMILES string of the molecule is CC(C)(C)NCC1CCCCN1Cc1cc(F)ccc1Cl. The number of hydrogen-bond acceptors (Lipinski definition) is 2. The van der Waals surface area contributed by atoms with Crippen LogP contribution in [0.25, 0.3) is 0 Å². The second-order valence-electron chi connectivity index (χ2n) is 6.99. The number of halogens is 2. The van der Waals surface area contributed by atoms with Crippen molar-refractivity contribution in [3.63, 3.8) is 0 Å². The normalized spacial score (nSPS) is 20.7. The molecular weight excluding hydrogens is 287 g/mol. The average Bonchev–Trinajstić information content (AvgIpc) is 2.41. The van der Waals surface area contributed by atoms with E-state index in [1.165, 1.54) is 25.3 Å². The van der Waals surface area contributed by atoms with E-state index in [4.69, 9.17) is 11.6 Å². The molecule has 1 heterocycles. The number of benzene rings is 1. The Morgan fingerprint density at radius 3 is 2.81 bits per heavy atom. The van der Waals surface area contributed by atoms with Gasteiger partial charge in [0, 0.05) is 29.7 Å². The summed E-state index contributed by atoms with van der Waals surface area (Å²) >= 11 is 6.20. The first-order chi connectivity index (χ1) is 9.85. The van der Waals surface area contributed by atoms with Crippen LogP contribution in [0.5, 0.6) is 0 Å². The van der Waals surface area contributed by atoms with E-state index in [1.54, 1.807) is 12.1 Å². The lowest BCUT2D eigenvalue weighted by Gasteiger charge is -2.37. The van der Waals surface area contributed by atoms with Gasteiger partial charge in [-0.25, -0.2) is 4.39 Å². The summed E-state index contributed by atoms with van der Waals surface area (Å²) in [6.07, 6.45) is 3.67. The summed E-state index contributed by atoms with van der Waals surface area (Å²) in [6.45, 7) is 9.31. The van der Waals surface area contributed by atoms with Gasteiger partial charge in [0.15, 0.2) is 0 Å². The molecule has 1 aliphatic rings. The Morgan fingerprint density at radius 2 is 2.10 bits per heavy atom. The van der Waals surface area contributed by atoms with Gasteiger partial charge in [0.05, 0.1) is 0 Å². The largest absolute Gasteiger partial charge is 0.311 e. The third-order valence-corrected chi connectivity index (χ3v) is 4.37. The van der Waals surface area contributed by atoms with Crippen molar-refractivity contribution in [2.24, 2.45) is 0 Å². The Morgan fingerprint density at radius 1 is 1.33 bits per heavy atom. The first-order valence-electron chi connectivity index (χ1n) is 7.78. The zero-order valence-electron chi connectivity index (χ0n) is 13.3. The van der Waals surface area contributed by atoms with E-state index in [0.29, 0.717) is 11.1 Å². The van der Waals surface area contributed by atoms with E-state index >= 15 is 0 Å². The quantitative estimate of drug-likeness (QED) is 0.895. The number of hydrogen-bond donors (Lipinski definition) is 1. The first-order valence-corrected chi connectivity index (χ1v) is 8.16. The van der Waals surface area contributed by atoms with E-state index in [2.05, 4.69) is 31.0 Å². The highest BCUT2D eigenvalue weighted by atomic mass is 35.5. The van der Waals surface area contributed by atoms with Gasteiger partial charge in [-0.1, -0.05) is 18.0 Å². The van der Waals surface area contributed by atoms with Crippen molar-refractivity contribution < 1.29 is 4.39 Å². The molecule has 0 saturated carbocycles. The predicted octanol–water partition coefficient (Wildman–Crippen LogP) is 4.22. The van der Waals surface area contributed by atoms with Gasteiger partial charge in [-0.15, -0.1) is 0 Å². The Labute approximate surface area is 132 Å². The van der Waals surface area contributed by atoms with Crippen molar-refractivity contribution in [2.45, 2.75) is 58.2 Å². The molecule has 2 rings (SSSR count). The lowest BCUT2D eigenvalue weighted by Crippen LogP contribution is -2.49. The van der Waals surface area contributed by atoms with E-state index < -0.39 is 0 Å². The van der Waals surface area contributed by atoms with Crippen LogP contribution in [0.1, 0.15) is 45.6 Å². The fourth-order valence-corrected chi connectivity index (χ4v) is 2.98. The molecule has 0 aromatic heterocycles. The highest BCUT2D eigenvalue weighted by Crippen LogP contribution is 2.24. The summed E-state index contributed by atoms with van der Waals surface area (Å²) in [5.74, 6) is -0.212. The van der Waals surface area contributed by atoms with Crippen LogP contribution < -0.4 is 5.32 Å². The van der Waals surface area contributed by atoms with E-state index in [1.807, 2.05) is 0 Å². The minimum atomic E-state index is -0.212. The molecule has 1 aromatic carbocycles. The van der Waals surface area contributed by atoms with Crippen LogP contribution in [0.2, 0.25) is 5.02 Å². The molecule has 2 nitrogen and oxygen atoms in total. The topological polar surface area (TPSA) is 15.3 Å². The van der Waals surface area contributed by atoms with E-state index in [0.717, 1.165) is 25.2 Å². The van der Waals surface area contributed by atoms with Crippen molar-refractivity contribution in [2.75, 3.05) is 13.1 Å². The molecule has 1 fully saturated rings.